The Kier molecular flexibility index (Phi) is 3.76. The van der Waals surface area contributed by atoms with Crippen molar-refractivity contribution in [3.05, 3.63) is 12.4 Å². The molecule has 1 aromatic rings. The van der Waals surface area contributed by atoms with Crippen LogP contribution in [0.3, 0.4) is 0 Å². The standard InChI is InChI=1S/C14H22N4O2/c1-10(2)18-4-5-20-12-8-17(7-11(12)18)13-6-14(19-3)16-9-15-13/h6,9-12H,4-5,7-8H2,1-3H3/t11-,12+/m0/s1. The summed E-state index contributed by atoms with van der Waals surface area (Å²) in [6, 6.07) is 2.88. The Hall–Kier alpha value is -1.40. The predicted molar refractivity (Wildman–Crippen MR) is 76.2 cm³/mol. The summed E-state index contributed by atoms with van der Waals surface area (Å²) in [5.74, 6) is 1.52. The van der Waals surface area contributed by atoms with E-state index in [2.05, 4.69) is 33.6 Å². The molecule has 2 fully saturated rings. The molecule has 0 saturated carbocycles. The van der Waals surface area contributed by atoms with Gasteiger partial charge in [-0.15, -0.1) is 0 Å². The van der Waals surface area contributed by atoms with Gasteiger partial charge in [-0.3, -0.25) is 4.90 Å². The molecule has 6 heteroatoms. The number of anilines is 1. The Balaban J connectivity index is 1.77. The zero-order valence-electron chi connectivity index (χ0n) is 12.3. The lowest BCUT2D eigenvalue weighted by atomic mass is 10.1. The number of rotatable bonds is 3. The van der Waals surface area contributed by atoms with Gasteiger partial charge in [0.25, 0.3) is 0 Å². The molecule has 0 aliphatic carbocycles. The van der Waals surface area contributed by atoms with E-state index in [1.807, 2.05) is 6.07 Å². The van der Waals surface area contributed by atoms with Crippen molar-refractivity contribution < 1.29 is 9.47 Å². The minimum absolute atomic E-state index is 0.270. The first kappa shape index (κ1) is 13.6. The highest BCUT2D eigenvalue weighted by molar-refractivity contribution is 5.43. The van der Waals surface area contributed by atoms with Crippen molar-refractivity contribution in [1.29, 1.82) is 0 Å². The topological polar surface area (TPSA) is 50.7 Å². The summed E-state index contributed by atoms with van der Waals surface area (Å²) in [5.41, 5.74) is 0. The molecule has 0 bridgehead atoms. The second-order valence-electron chi connectivity index (χ2n) is 5.63. The molecule has 2 aliphatic rings. The van der Waals surface area contributed by atoms with Crippen LogP contribution >= 0.6 is 0 Å². The highest BCUT2D eigenvalue weighted by Crippen LogP contribution is 2.28. The third-order valence-electron chi connectivity index (χ3n) is 4.17. The number of hydrogen-bond acceptors (Lipinski definition) is 6. The molecule has 2 atom stereocenters. The zero-order valence-corrected chi connectivity index (χ0v) is 12.3. The first-order chi connectivity index (χ1) is 9.69. The predicted octanol–water partition coefficient (Wildman–Crippen LogP) is 0.783. The summed E-state index contributed by atoms with van der Waals surface area (Å²) >= 11 is 0. The van der Waals surface area contributed by atoms with Gasteiger partial charge in [-0.2, -0.15) is 0 Å². The Morgan fingerprint density at radius 3 is 2.95 bits per heavy atom. The van der Waals surface area contributed by atoms with Crippen LogP contribution in [-0.2, 0) is 4.74 Å². The number of methoxy groups -OCH3 is 1. The summed E-state index contributed by atoms with van der Waals surface area (Å²) in [7, 11) is 1.62. The molecule has 6 nitrogen and oxygen atoms in total. The smallest absolute Gasteiger partial charge is 0.218 e. The number of aromatic nitrogens is 2. The quantitative estimate of drug-likeness (QED) is 0.814. The SMILES string of the molecule is COc1cc(N2C[C@H]3OCCN(C(C)C)[C@H]3C2)ncn1. The molecule has 0 spiro atoms. The molecule has 110 valence electrons. The fraction of sp³-hybridized carbons (Fsp3) is 0.714. The molecule has 3 heterocycles. The maximum Gasteiger partial charge on any atom is 0.218 e. The summed E-state index contributed by atoms with van der Waals surface area (Å²) in [6.07, 6.45) is 1.82. The lowest BCUT2D eigenvalue weighted by Crippen LogP contribution is -2.53. The summed E-state index contributed by atoms with van der Waals surface area (Å²) in [6.45, 7) is 8.16. The average molecular weight is 278 g/mol. The monoisotopic (exact) mass is 278 g/mol. The van der Waals surface area contributed by atoms with Gasteiger partial charge in [0.05, 0.1) is 25.9 Å². The zero-order chi connectivity index (χ0) is 14.1. The number of morpholine rings is 1. The van der Waals surface area contributed by atoms with E-state index in [1.165, 1.54) is 0 Å². The highest BCUT2D eigenvalue weighted by Gasteiger charge is 2.41. The molecule has 2 aliphatic heterocycles. The Morgan fingerprint density at radius 2 is 2.20 bits per heavy atom. The van der Waals surface area contributed by atoms with E-state index in [0.717, 1.165) is 32.1 Å². The van der Waals surface area contributed by atoms with Gasteiger partial charge in [-0.05, 0) is 13.8 Å². The molecule has 0 aromatic carbocycles. The largest absolute Gasteiger partial charge is 0.481 e. The molecule has 0 amide bonds. The highest BCUT2D eigenvalue weighted by atomic mass is 16.5. The Morgan fingerprint density at radius 1 is 1.35 bits per heavy atom. The van der Waals surface area contributed by atoms with Crippen LogP contribution in [-0.4, -0.2) is 66.4 Å². The van der Waals surface area contributed by atoms with Crippen molar-refractivity contribution in [2.45, 2.75) is 32.0 Å². The van der Waals surface area contributed by atoms with Gasteiger partial charge in [0.2, 0.25) is 5.88 Å². The van der Waals surface area contributed by atoms with Crippen molar-refractivity contribution >= 4 is 5.82 Å². The van der Waals surface area contributed by atoms with Crippen molar-refractivity contribution in [1.82, 2.24) is 14.9 Å². The Labute approximate surface area is 119 Å². The molecular formula is C14H22N4O2. The summed E-state index contributed by atoms with van der Waals surface area (Å²) < 4.78 is 11.1. The van der Waals surface area contributed by atoms with E-state index in [4.69, 9.17) is 9.47 Å². The molecule has 3 rings (SSSR count). The van der Waals surface area contributed by atoms with Gasteiger partial charge in [-0.1, -0.05) is 0 Å². The van der Waals surface area contributed by atoms with Crippen LogP contribution in [0.1, 0.15) is 13.8 Å². The van der Waals surface area contributed by atoms with Crippen molar-refractivity contribution in [2.75, 3.05) is 38.3 Å². The normalized spacial score (nSPS) is 26.9. The van der Waals surface area contributed by atoms with E-state index < -0.39 is 0 Å². The van der Waals surface area contributed by atoms with Crippen molar-refractivity contribution in [2.24, 2.45) is 0 Å². The van der Waals surface area contributed by atoms with Crippen LogP contribution in [0.25, 0.3) is 0 Å². The number of fused-ring (bicyclic) bond motifs is 1. The number of ether oxygens (including phenoxy) is 2. The fourth-order valence-corrected chi connectivity index (χ4v) is 3.16. The molecule has 20 heavy (non-hydrogen) atoms. The third-order valence-corrected chi connectivity index (χ3v) is 4.17. The lowest BCUT2D eigenvalue weighted by Gasteiger charge is -2.39. The van der Waals surface area contributed by atoms with Crippen LogP contribution in [0.2, 0.25) is 0 Å². The van der Waals surface area contributed by atoms with E-state index >= 15 is 0 Å². The van der Waals surface area contributed by atoms with Gasteiger partial charge >= 0.3 is 0 Å². The summed E-state index contributed by atoms with van der Waals surface area (Å²) in [5, 5.41) is 0. The van der Waals surface area contributed by atoms with E-state index in [-0.39, 0.29) is 6.10 Å². The van der Waals surface area contributed by atoms with E-state index in [0.29, 0.717) is 18.0 Å². The minimum Gasteiger partial charge on any atom is -0.481 e. The van der Waals surface area contributed by atoms with Gasteiger partial charge in [0.1, 0.15) is 12.1 Å². The van der Waals surface area contributed by atoms with Crippen molar-refractivity contribution in [3.8, 4) is 5.88 Å². The number of hydrogen-bond donors (Lipinski definition) is 0. The Bertz CT molecular complexity index is 468. The van der Waals surface area contributed by atoms with Crippen molar-refractivity contribution in [3.63, 3.8) is 0 Å². The second kappa shape index (κ2) is 5.54. The molecule has 0 N–H and O–H groups in total. The molecule has 2 saturated heterocycles. The maximum absolute atomic E-state index is 5.93. The molecule has 0 unspecified atom stereocenters. The summed E-state index contributed by atoms with van der Waals surface area (Å²) in [4.78, 5) is 13.2. The van der Waals surface area contributed by atoms with Crippen LogP contribution in [0.15, 0.2) is 12.4 Å². The van der Waals surface area contributed by atoms with Gasteiger partial charge in [-0.25, -0.2) is 9.97 Å². The van der Waals surface area contributed by atoms with Crippen LogP contribution in [0.4, 0.5) is 5.82 Å². The molecular weight excluding hydrogens is 256 g/mol. The average Bonchev–Trinajstić information content (AvgIpc) is 2.91. The second-order valence-corrected chi connectivity index (χ2v) is 5.63. The van der Waals surface area contributed by atoms with Crippen LogP contribution in [0, 0.1) is 0 Å². The molecule has 0 radical (unpaired) electrons. The minimum atomic E-state index is 0.270. The van der Waals surface area contributed by atoms with E-state index in [1.54, 1.807) is 13.4 Å². The first-order valence-corrected chi connectivity index (χ1v) is 7.17. The van der Waals surface area contributed by atoms with Crippen LogP contribution < -0.4 is 9.64 Å². The third kappa shape index (κ3) is 2.45. The van der Waals surface area contributed by atoms with Crippen LogP contribution in [0.5, 0.6) is 5.88 Å². The van der Waals surface area contributed by atoms with Gasteiger partial charge < -0.3 is 14.4 Å². The fourth-order valence-electron chi connectivity index (χ4n) is 3.16. The lowest BCUT2D eigenvalue weighted by molar-refractivity contribution is -0.0580. The first-order valence-electron chi connectivity index (χ1n) is 7.17. The van der Waals surface area contributed by atoms with E-state index in [9.17, 15) is 0 Å². The maximum atomic E-state index is 5.93. The van der Waals surface area contributed by atoms with Gasteiger partial charge in [0, 0.05) is 31.7 Å². The molecule has 1 aromatic heterocycles. The number of nitrogens with zero attached hydrogens (tertiary/aromatic N) is 4. The van der Waals surface area contributed by atoms with Gasteiger partial charge in [0.15, 0.2) is 0 Å².